The van der Waals surface area contributed by atoms with Crippen molar-refractivity contribution in [2.45, 2.75) is 17.7 Å². The third kappa shape index (κ3) is 2.47. The molecule has 7 heteroatoms. The number of halogens is 1. The van der Waals surface area contributed by atoms with Crippen LogP contribution in [0.25, 0.3) is 0 Å². The van der Waals surface area contributed by atoms with Crippen LogP contribution in [-0.4, -0.2) is 36.9 Å². The van der Waals surface area contributed by atoms with Crippen molar-refractivity contribution < 1.29 is 13.2 Å². The average molecular weight is 277 g/mol. The smallest absolute Gasteiger partial charge is 0.270 e. The Morgan fingerprint density at radius 3 is 2.41 bits per heavy atom. The summed E-state index contributed by atoms with van der Waals surface area (Å²) in [5.74, 6) is -0.142. The molecule has 2 rings (SSSR count). The first-order valence-corrected chi connectivity index (χ1v) is 7.61. The van der Waals surface area contributed by atoms with Crippen LogP contribution in [0.15, 0.2) is 17.2 Å². The molecule has 1 aliphatic heterocycles. The highest BCUT2D eigenvalue weighted by Gasteiger charge is 2.24. The molecule has 0 aliphatic carbocycles. The minimum atomic E-state index is -3.78. The van der Waals surface area contributed by atoms with Crippen LogP contribution >= 0.6 is 10.7 Å². The van der Waals surface area contributed by atoms with Gasteiger partial charge in [0.05, 0.1) is 0 Å². The number of amides is 1. The molecule has 0 radical (unpaired) electrons. The summed E-state index contributed by atoms with van der Waals surface area (Å²) in [6, 6.07) is 1.32. The van der Waals surface area contributed by atoms with E-state index in [1.54, 1.807) is 11.9 Å². The molecule has 0 N–H and O–H groups in total. The van der Waals surface area contributed by atoms with E-state index in [2.05, 4.69) is 0 Å². The van der Waals surface area contributed by atoms with Crippen molar-refractivity contribution in [2.75, 3.05) is 13.1 Å². The minimum absolute atomic E-state index is 0.0378. The fraction of sp³-hybridized carbons (Fsp3) is 0.500. The molecule has 0 atom stereocenters. The SMILES string of the molecule is Cn1cc(S(=O)(=O)Cl)cc1C(=O)N1CCCC1. The number of hydrogen-bond donors (Lipinski definition) is 0. The predicted molar refractivity (Wildman–Crippen MR) is 63.6 cm³/mol. The number of nitrogens with zero attached hydrogens (tertiary/aromatic N) is 2. The Morgan fingerprint density at radius 1 is 1.35 bits per heavy atom. The highest BCUT2D eigenvalue weighted by Crippen LogP contribution is 2.20. The van der Waals surface area contributed by atoms with Gasteiger partial charge in [-0.15, -0.1) is 0 Å². The van der Waals surface area contributed by atoms with Gasteiger partial charge in [-0.05, 0) is 18.9 Å². The number of aromatic nitrogens is 1. The Morgan fingerprint density at radius 2 is 1.94 bits per heavy atom. The van der Waals surface area contributed by atoms with Gasteiger partial charge >= 0.3 is 0 Å². The number of aryl methyl sites for hydroxylation is 1. The van der Waals surface area contributed by atoms with Crippen LogP contribution in [0.5, 0.6) is 0 Å². The van der Waals surface area contributed by atoms with Crippen molar-refractivity contribution >= 4 is 25.6 Å². The standard InChI is InChI=1S/C10H13ClN2O3S/c1-12-7-8(17(11,15)16)6-9(12)10(14)13-4-2-3-5-13/h6-7H,2-5H2,1H3. The van der Waals surface area contributed by atoms with E-state index in [0.29, 0.717) is 5.69 Å². The van der Waals surface area contributed by atoms with Gasteiger partial charge in [-0.2, -0.15) is 0 Å². The molecule has 0 aromatic carbocycles. The molecule has 94 valence electrons. The first-order valence-electron chi connectivity index (χ1n) is 5.30. The van der Waals surface area contributed by atoms with E-state index in [-0.39, 0.29) is 10.8 Å². The summed E-state index contributed by atoms with van der Waals surface area (Å²) in [7, 11) is 3.10. The Labute approximate surface area is 104 Å². The fourth-order valence-electron chi connectivity index (χ4n) is 1.96. The topological polar surface area (TPSA) is 59.4 Å². The summed E-state index contributed by atoms with van der Waals surface area (Å²) >= 11 is 0. The van der Waals surface area contributed by atoms with E-state index in [1.165, 1.54) is 16.8 Å². The van der Waals surface area contributed by atoms with Crippen molar-refractivity contribution in [3.63, 3.8) is 0 Å². The van der Waals surface area contributed by atoms with Gasteiger partial charge in [-0.3, -0.25) is 4.79 Å². The second kappa shape index (κ2) is 4.34. The first kappa shape index (κ1) is 12.4. The monoisotopic (exact) mass is 276 g/mol. The maximum absolute atomic E-state index is 12.1. The summed E-state index contributed by atoms with van der Waals surface area (Å²) in [6.45, 7) is 1.46. The molecule has 17 heavy (non-hydrogen) atoms. The molecule has 2 heterocycles. The van der Waals surface area contributed by atoms with Crippen molar-refractivity contribution in [1.82, 2.24) is 9.47 Å². The molecule has 1 saturated heterocycles. The molecule has 0 bridgehead atoms. The molecule has 0 spiro atoms. The van der Waals surface area contributed by atoms with Crippen molar-refractivity contribution in [3.05, 3.63) is 18.0 Å². The van der Waals surface area contributed by atoms with E-state index >= 15 is 0 Å². The van der Waals surface area contributed by atoms with Crippen LogP contribution in [0.3, 0.4) is 0 Å². The van der Waals surface area contributed by atoms with Crippen LogP contribution in [0.4, 0.5) is 0 Å². The summed E-state index contributed by atoms with van der Waals surface area (Å²) in [6.07, 6.45) is 3.35. The van der Waals surface area contributed by atoms with Crippen LogP contribution in [0.2, 0.25) is 0 Å². The molecular formula is C10H13ClN2O3S. The van der Waals surface area contributed by atoms with Gasteiger partial charge in [0.25, 0.3) is 15.0 Å². The van der Waals surface area contributed by atoms with Crippen LogP contribution in [0.1, 0.15) is 23.3 Å². The van der Waals surface area contributed by atoms with Crippen molar-refractivity contribution in [3.8, 4) is 0 Å². The molecule has 1 aliphatic rings. The Kier molecular flexibility index (Phi) is 3.18. The van der Waals surface area contributed by atoms with Crippen LogP contribution < -0.4 is 0 Å². The van der Waals surface area contributed by atoms with Crippen molar-refractivity contribution in [1.29, 1.82) is 0 Å². The largest absolute Gasteiger partial charge is 0.345 e. The summed E-state index contributed by atoms with van der Waals surface area (Å²) in [4.78, 5) is 13.8. The Bertz CT molecular complexity index is 544. The number of likely N-dealkylation sites (tertiary alicyclic amines) is 1. The van der Waals surface area contributed by atoms with Crippen LogP contribution in [0, 0.1) is 0 Å². The lowest BCUT2D eigenvalue weighted by Gasteiger charge is -2.15. The molecule has 0 unspecified atom stereocenters. The molecule has 5 nitrogen and oxygen atoms in total. The van der Waals surface area contributed by atoms with Gasteiger partial charge < -0.3 is 9.47 Å². The van der Waals surface area contributed by atoms with E-state index in [4.69, 9.17) is 10.7 Å². The van der Waals surface area contributed by atoms with E-state index in [1.807, 2.05) is 0 Å². The number of hydrogen-bond acceptors (Lipinski definition) is 3. The summed E-state index contributed by atoms with van der Waals surface area (Å²) in [5, 5.41) is 0. The quantitative estimate of drug-likeness (QED) is 0.763. The molecule has 1 amide bonds. The number of rotatable bonds is 2. The maximum Gasteiger partial charge on any atom is 0.270 e. The molecule has 1 fully saturated rings. The normalized spacial score (nSPS) is 16.5. The lowest BCUT2D eigenvalue weighted by atomic mass is 10.3. The van der Waals surface area contributed by atoms with Crippen LogP contribution in [-0.2, 0) is 16.1 Å². The third-order valence-electron chi connectivity index (χ3n) is 2.87. The third-order valence-corrected chi connectivity index (χ3v) is 4.19. The first-order chi connectivity index (χ1) is 7.89. The molecule has 1 aromatic rings. The predicted octanol–water partition coefficient (Wildman–Crippen LogP) is 1.19. The van der Waals surface area contributed by atoms with E-state index in [0.717, 1.165) is 25.9 Å². The van der Waals surface area contributed by atoms with Gasteiger partial charge in [-0.1, -0.05) is 0 Å². The van der Waals surface area contributed by atoms with E-state index in [9.17, 15) is 13.2 Å². The highest BCUT2D eigenvalue weighted by atomic mass is 35.7. The molecule has 1 aromatic heterocycles. The minimum Gasteiger partial charge on any atom is -0.345 e. The lowest BCUT2D eigenvalue weighted by molar-refractivity contribution is 0.0783. The zero-order chi connectivity index (χ0) is 12.6. The van der Waals surface area contributed by atoms with Gasteiger partial charge in [0, 0.05) is 37.0 Å². The lowest BCUT2D eigenvalue weighted by Crippen LogP contribution is -2.29. The average Bonchev–Trinajstić information content (AvgIpc) is 2.83. The summed E-state index contributed by atoms with van der Waals surface area (Å²) in [5.41, 5.74) is 0.353. The van der Waals surface area contributed by atoms with Gasteiger partial charge in [-0.25, -0.2) is 8.42 Å². The second-order valence-corrected chi connectivity index (χ2v) is 6.68. The summed E-state index contributed by atoms with van der Waals surface area (Å²) < 4.78 is 23.8. The van der Waals surface area contributed by atoms with Gasteiger partial charge in [0.1, 0.15) is 10.6 Å². The van der Waals surface area contributed by atoms with Gasteiger partial charge in [0.2, 0.25) is 0 Å². The Balaban J connectivity index is 2.33. The Hall–Kier alpha value is -1.01. The second-order valence-electron chi connectivity index (χ2n) is 4.11. The zero-order valence-electron chi connectivity index (χ0n) is 9.39. The van der Waals surface area contributed by atoms with E-state index < -0.39 is 9.05 Å². The van der Waals surface area contributed by atoms with Gasteiger partial charge in [0.15, 0.2) is 0 Å². The number of carbonyl (C=O) groups excluding carboxylic acids is 1. The highest BCUT2D eigenvalue weighted by molar-refractivity contribution is 8.13. The molecule has 0 saturated carbocycles. The molecular weight excluding hydrogens is 264 g/mol. The maximum atomic E-state index is 12.1. The zero-order valence-corrected chi connectivity index (χ0v) is 11.0. The van der Waals surface area contributed by atoms with Crippen molar-refractivity contribution in [2.24, 2.45) is 7.05 Å². The number of carbonyl (C=O) groups is 1. The fourth-order valence-corrected chi connectivity index (χ4v) is 2.75.